The Hall–Kier alpha value is -0.710. The van der Waals surface area contributed by atoms with Crippen molar-refractivity contribution in [1.29, 1.82) is 0 Å². The second kappa shape index (κ2) is 3.46. The van der Waals surface area contributed by atoms with Gasteiger partial charge in [-0.05, 0) is 0 Å². The molecule has 10 heavy (non-hydrogen) atoms. The molecular formula is C3H6N3O3P. The van der Waals surface area contributed by atoms with E-state index in [0.717, 1.165) is 0 Å². The summed E-state index contributed by atoms with van der Waals surface area (Å²) in [6, 6.07) is 0. The zero-order valence-electron chi connectivity index (χ0n) is 4.97. The van der Waals surface area contributed by atoms with Crippen LogP contribution >= 0.6 is 8.25 Å². The van der Waals surface area contributed by atoms with E-state index in [0.29, 0.717) is 0 Å². The SMILES string of the molecule is O=[PH](O)OCn1cncn1. The maximum atomic E-state index is 10.00. The van der Waals surface area contributed by atoms with Crippen molar-refractivity contribution in [2.45, 2.75) is 6.73 Å². The van der Waals surface area contributed by atoms with Crippen molar-refractivity contribution in [1.82, 2.24) is 14.8 Å². The summed E-state index contributed by atoms with van der Waals surface area (Å²) in [5, 5.41) is 3.64. The van der Waals surface area contributed by atoms with Gasteiger partial charge in [-0.15, -0.1) is 0 Å². The molecule has 0 saturated carbocycles. The van der Waals surface area contributed by atoms with Gasteiger partial charge in [0.2, 0.25) is 0 Å². The van der Waals surface area contributed by atoms with Crippen molar-refractivity contribution >= 4 is 8.25 Å². The van der Waals surface area contributed by atoms with Gasteiger partial charge in [0, 0.05) is 0 Å². The van der Waals surface area contributed by atoms with Gasteiger partial charge < -0.3 is 4.89 Å². The fourth-order valence-electron chi connectivity index (χ4n) is 0.421. The largest absolute Gasteiger partial charge is 0.326 e. The summed E-state index contributed by atoms with van der Waals surface area (Å²) in [5.41, 5.74) is 0. The molecule has 0 fully saturated rings. The Bertz CT molecular complexity index is 211. The zero-order valence-corrected chi connectivity index (χ0v) is 5.97. The summed E-state index contributed by atoms with van der Waals surface area (Å²) in [6.07, 6.45) is 2.71. The summed E-state index contributed by atoms with van der Waals surface area (Å²) in [7, 11) is -2.85. The number of hydrogen-bond acceptors (Lipinski definition) is 4. The fraction of sp³-hybridized carbons (Fsp3) is 0.333. The molecule has 1 unspecified atom stereocenters. The van der Waals surface area contributed by atoms with Crippen LogP contribution < -0.4 is 0 Å². The van der Waals surface area contributed by atoms with Gasteiger partial charge in [-0.2, -0.15) is 5.10 Å². The van der Waals surface area contributed by atoms with Crippen LogP contribution in [0.5, 0.6) is 0 Å². The molecule has 0 aliphatic heterocycles. The van der Waals surface area contributed by atoms with E-state index in [1.54, 1.807) is 0 Å². The van der Waals surface area contributed by atoms with Crippen molar-refractivity contribution in [2.75, 3.05) is 0 Å². The Kier molecular flexibility index (Phi) is 2.56. The molecule has 1 aromatic rings. The van der Waals surface area contributed by atoms with Crippen LogP contribution in [0.2, 0.25) is 0 Å². The number of hydrogen-bond donors (Lipinski definition) is 1. The standard InChI is InChI=1S/C3H6N3O3P/c7-10(8)9-3-6-2-4-1-5-6/h1-2,10H,3H2,(H,7,8). The van der Waals surface area contributed by atoms with Crippen molar-refractivity contribution in [3.63, 3.8) is 0 Å². The molecule has 7 heteroatoms. The fourth-order valence-corrected chi connectivity index (χ4v) is 0.663. The van der Waals surface area contributed by atoms with Gasteiger partial charge in [-0.25, -0.2) is 9.67 Å². The Morgan fingerprint density at radius 1 is 1.80 bits per heavy atom. The molecule has 56 valence electrons. The van der Waals surface area contributed by atoms with Crippen molar-refractivity contribution in [2.24, 2.45) is 0 Å². The highest BCUT2D eigenvalue weighted by Crippen LogP contribution is 2.14. The van der Waals surface area contributed by atoms with E-state index >= 15 is 0 Å². The van der Waals surface area contributed by atoms with E-state index in [1.165, 1.54) is 17.3 Å². The molecule has 0 saturated heterocycles. The van der Waals surface area contributed by atoms with Crippen molar-refractivity contribution in [3.8, 4) is 0 Å². The third kappa shape index (κ3) is 2.26. The van der Waals surface area contributed by atoms with E-state index in [9.17, 15) is 4.57 Å². The minimum absolute atomic E-state index is 0.0334. The van der Waals surface area contributed by atoms with Gasteiger partial charge in [0.15, 0.2) is 0 Å². The van der Waals surface area contributed by atoms with Crippen LogP contribution in [0.4, 0.5) is 0 Å². The van der Waals surface area contributed by atoms with E-state index in [4.69, 9.17) is 4.89 Å². The summed E-state index contributed by atoms with van der Waals surface area (Å²) in [5.74, 6) is 0. The molecule has 0 aromatic carbocycles. The minimum atomic E-state index is -2.85. The third-order valence-electron chi connectivity index (χ3n) is 0.787. The normalized spacial score (nSPS) is 13.3. The number of aromatic nitrogens is 3. The average Bonchev–Trinajstić information content (AvgIpc) is 2.34. The van der Waals surface area contributed by atoms with Crippen LogP contribution in [0, 0.1) is 0 Å². The van der Waals surface area contributed by atoms with Gasteiger partial charge in [0.25, 0.3) is 0 Å². The van der Waals surface area contributed by atoms with Gasteiger partial charge in [-0.1, -0.05) is 0 Å². The van der Waals surface area contributed by atoms with Crippen LogP contribution in [0.3, 0.4) is 0 Å². The predicted octanol–water partition coefficient (Wildman–Crippen LogP) is -0.366. The zero-order chi connectivity index (χ0) is 7.40. The van der Waals surface area contributed by atoms with Crippen LogP contribution in [0.1, 0.15) is 0 Å². The van der Waals surface area contributed by atoms with E-state index in [2.05, 4.69) is 14.6 Å². The van der Waals surface area contributed by atoms with E-state index in [1.807, 2.05) is 0 Å². The van der Waals surface area contributed by atoms with Crippen LogP contribution in [0.25, 0.3) is 0 Å². The number of rotatable bonds is 3. The Morgan fingerprint density at radius 3 is 3.10 bits per heavy atom. The molecule has 1 rings (SSSR count). The highest BCUT2D eigenvalue weighted by Gasteiger charge is 1.92. The first-order valence-electron chi connectivity index (χ1n) is 2.47. The van der Waals surface area contributed by atoms with Gasteiger partial charge in [0.1, 0.15) is 19.4 Å². The maximum Gasteiger partial charge on any atom is 0.318 e. The van der Waals surface area contributed by atoms with Gasteiger partial charge in [-0.3, -0.25) is 9.09 Å². The Morgan fingerprint density at radius 2 is 2.60 bits per heavy atom. The summed E-state index contributed by atoms with van der Waals surface area (Å²) >= 11 is 0. The molecule has 1 heterocycles. The summed E-state index contributed by atoms with van der Waals surface area (Å²) in [4.78, 5) is 11.8. The number of nitrogens with zero attached hydrogens (tertiary/aromatic N) is 3. The lowest BCUT2D eigenvalue weighted by molar-refractivity contribution is 0.205. The second-order valence-electron chi connectivity index (χ2n) is 1.47. The first-order valence-corrected chi connectivity index (χ1v) is 3.73. The molecule has 0 aliphatic carbocycles. The van der Waals surface area contributed by atoms with E-state index < -0.39 is 8.25 Å². The smallest absolute Gasteiger partial charge is 0.318 e. The van der Waals surface area contributed by atoms with Gasteiger partial charge in [0.05, 0.1) is 0 Å². The molecule has 0 aliphatic rings. The molecule has 0 radical (unpaired) electrons. The lowest BCUT2D eigenvalue weighted by Crippen LogP contribution is -1.97. The van der Waals surface area contributed by atoms with Crippen molar-refractivity contribution in [3.05, 3.63) is 12.7 Å². The predicted molar refractivity (Wildman–Crippen MR) is 32.3 cm³/mol. The molecule has 6 nitrogen and oxygen atoms in total. The molecule has 0 amide bonds. The minimum Gasteiger partial charge on any atom is -0.326 e. The lowest BCUT2D eigenvalue weighted by Gasteiger charge is -1.96. The molecular weight excluding hydrogens is 157 g/mol. The highest BCUT2D eigenvalue weighted by atomic mass is 31.1. The molecule has 1 aromatic heterocycles. The van der Waals surface area contributed by atoms with Crippen LogP contribution in [0.15, 0.2) is 12.7 Å². The van der Waals surface area contributed by atoms with Crippen LogP contribution in [-0.4, -0.2) is 19.7 Å². The quantitative estimate of drug-likeness (QED) is 0.615. The highest BCUT2D eigenvalue weighted by molar-refractivity contribution is 7.32. The molecule has 1 N–H and O–H groups in total. The lowest BCUT2D eigenvalue weighted by atomic mass is 11.2. The summed E-state index contributed by atoms with van der Waals surface area (Å²) < 4.78 is 15.6. The Balaban J connectivity index is 2.35. The summed E-state index contributed by atoms with van der Waals surface area (Å²) in [6.45, 7) is -0.0334. The first-order chi connectivity index (χ1) is 4.79. The second-order valence-corrected chi connectivity index (χ2v) is 2.29. The monoisotopic (exact) mass is 163 g/mol. The van der Waals surface area contributed by atoms with Crippen molar-refractivity contribution < 1.29 is 14.0 Å². The first kappa shape index (κ1) is 7.40. The average molecular weight is 163 g/mol. The van der Waals surface area contributed by atoms with E-state index in [-0.39, 0.29) is 6.73 Å². The van der Waals surface area contributed by atoms with Crippen LogP contribution in [-0.2, 0) is 15.8 Å². The molecule has 1 atom stereocenters. The van der Waals surface area contributed by atoms with Gasteiger partial charge >= 0.3 is 8.25 Å². The maximum absolute atomic E-state index is 10.00. The molecule has 0 bridgehead atoms. The molecule has 0 spiro atoms. The topological polar surface area (TPSA) is 77.2 Å². The Labute approximate surface area is 57.4 Å². The third-order valence-corrected chi connectivity index (χ3v) is 1.16.